The van der Waals surface area contributed by atoms with Crippen LogP contribution in [0.15, 0.2) is 5.38 Å². The molecule has 0 bridgehead atoms. The van der Waals surface area contributed by atoms with Crippen molar-refractivity contribution in [3.8, 4) is 0 Å². The van der Waals surface area contributed by atoms with Crippen molar-refractivity contribution in [1.82, 2.24) is 15.0 Å². The second-order valence-corrected chi connectivity index (χ2v) is 5.37. The summed E-state index contributed by atoms with van der Waals surface area (Å²) in [5.41, 5.74) is 1.06. The molecule has 0 atom stereocenters. The molecule has 0 fully saturated rings. The highest BCUT2D eigenvalue weighted by molar-refractivity contribution is 7.09. The molecule has 9 heteroatoms. The second-order valence-electron chi connectivity index (χ2n) is 4.09. The number of hydrogen-bond donors (Lipinski definition) is 1. The monoisotopic (exact) mass is 313 g/mol. The van der Waals surface area contributed by atoms with Gasteiger partial charge in [0.25, 0.3) is 0 Å². The van der Waals surface area contributed by atoms with Crippen LogP contribution in [0.5, 0.6) is 0 Å². The van der Waals surface area contributed by atoms with Crippen molar-refractivity contribution < 1.29 is 4.92 Å². The lowest BCUT2D eigenvalue weighted by atomic mass is 10.3. The van der Waals surface area contributed by atoms with Gasteiger partial charge in [-0.1, -0.05) is 0 Å². The van der Waals surface area contributed by atoms with E-state index in [9.17, 15) is 10.1 Å². The third-order valence-electron chi connectivity index (χ3n) is 2.51. The summed E-state index contributed by atoms with van der Waals surface area (Å²) in [7, 11) is 0. The normalized spacial score (nSPS) is 10.6. The Labute approximate surface area is 124 Å². The molecule has 2 aromatic heterocycles. The van der Waals surface area contributed by atoms with Gasteiger partial charge in [-0.05, 0) is 25.4 Å². The number of aromatic nitrogens is 3. The van der Waals surface area contributed by atoms with Crippen molar-refractivity contribution >= 4 is 34.4 Å². The Kier molecular flexibility index (Phi) is 4.46. The van der Waals surface area contributed by atoms with E-state index in [1.165, 1.54) is 6.92 Å². The van der Waals surface area contributed by atoms with Crippen LogP contribution < -0.4 is 5.32 Å². The predicted molar refractivity (Wildman–Crippen MR) is 77.5 cm³/mol. The zero-order chi connectivity index (χ0) is 14.7. The minimum atomic E-state index is -0.512. The van der Waals surface area contributed by atoms with E-state index >= 15 is 0 Å². The van der Waals surface area contributed by atoms with Gasteiger partial charge in [0, 0.05) is 24.0 Å². The average molecular weight is 314 g/mol. The summed E-state index contributed by atoms with van der Waals surface area (Å²) in [6.07, 6.45) is 0.663. The SMILES string of the molecule is Cc1csc(CCNc2nc(Cl)nc(C)c2[N+](=O)[O-])n1. The molecule has 2 heterocycles. The first-order valence-corrected chi connectivity index (χ1v) is 7.06. The van der Waals surface area contributed by atoms with Crippen LogP contribution in [0.4, 0.5) is 11.5 Å². The molecule has 0 saturated heterocycles. The molecule has 0 aromatic carbocycles. The molecule has 0 saturated carbocycles. The Bertz CT molecular complexity index is 646. The first-order valence-electron chi connectivity index (χ1n) is 5.80. The molecule has 20 heavy (non-hydrogen) atoms. The molecule has 0 aliphatic heterocycles. The van der Waals surface area contributed by atoms with Gasteiger partial charge in [-0.2, -0.15) is 4.98 Å². The van der Waals surface area contributed by atoms with E-state index in [1.54, 1.807) is 11.3 Å². The highest BCUT2D eigenvalue weighted by Gasteiger charge is 2.21. The molecule has 0 spiro atoms. The minimum Gasteiger partial charge on any atom is -0.364 e. The van der Waals surface area contributed by atoms with Crippen LogP contribution in [0, 0.1) is 24.0 Å². The zero-order valence-electron chi connectivity index (χ0n) is 10.9. The fourth-order valence-corrected chi connectivity index (χ4v) is 2.67. The number of rotatable bonds is 5. The van der Waals surface area contributed by atoms with Gasteiger partial charge in [0.05, 0.1) is 9.93 Å². The van der Waals surface area contributed by atoms with Gasteiger partial charge in [-0.25, -0.2) is 9.97 Å². The highest BCUT2D eigenvalue weighted by atomic mass is 35.5. The van der Waals surface area contributed by atoms with E-state index in [-0.39, 0.29) is 22.5 Å². The number of nitrogens with zero attached hydrogens (tertiary/aromatic N) is 4. The van der Waals surface area contributed by atoms with E-state index in [0.29, 0.717) is 13.0 Å². The number of nitro groups is 1. The van der Waals surface area contributed by atoms with Crippen LogP contribution in [-0.2, 0) is 6.42 Å². The third kappa shape index (κ3) is 3.40. The Morgan fingerprint density at radius 1 is 1.40 bits per heavy atom. The van der Waals surface area contributed by atoms with Gasteiger partial charge >= 0.3 is 5.69 Å². The number of hydrogen-bond acceptors (Lipinski definition) is 7. The fraction of sp³-hybridized carbons (Fsp3) is 0.364. The number of nitrogens with one attached hydrogen (secondary N) is 1. The van der Waals surface area contributed by atoms with Gasteiger partial charge in [-0.15, -0.1) is 11.3 Å². The summed E-state index contributed by atoms with van der Waals surface area (Å²) in [4.78, 5) is 22.5. The first kappa shape index (κ1) is 14.6. The van der Waals surface area contributed by atoms with Crippen LogP contribution in [0.1, 0.15) is 16.4 Å². The quantitative estimate of drug-likeness (QED) is 0.518. The van der Waals surface area contributed by atoms with Crippen molar-refractivity contribution in [2.45, 2.75) is 20.3 Å². The average Bonchev–Trinajstić information content (AvgIpc) is 2.73. The molecule has 0 aliphatic rings. The molecular weight excluding hydrogens is 302 g/mol. The molecule has 106 valence electrons. The molecule has 2 rings (SSSR count). The summed E-state index contributed by atoms with van der Waals surface area (Å²) < 4.78 is 0. The summed E-state index contributed by atoms with van der Waals surface area (Å²) in [5.74, 6) is 0.140. The van der Waals surface area contributed by atoms with Crippen molar-refractivity contribution in [1.29, 1.82) is 0 Å². The van der Waals surface area contributed by atoms with E-state index < -0.39 is 4.92 Å². The fourth-order valence-electron chi connectivity index (χ4n) is 1.68. The Morgan fingerprint density at radius 3 is 2.75 bits per heavy atom. The molecule has 0 unspecified atom stereocenters. The van der Waals surface area contributed by atoms with Crippen LogP contribution in [0.25, 0.3) is 0 Å². The third-order valence-corrected chi connectivity index (χ3v) is 3.71. The largest absolute Gasteiger partial charge is 0.364 e. The number of aryl methyl sites for hydroxylation is 2. The lowest BCUT2D eigenvalue weighted by Gasteiger charge is -2.06. The van der Waals surface area contributed by atoms with Crippen molar-refractivity contribution in [2.75, 3.05) is 11.9 Å². The number of anilines is 1. The Balaban J connectivity index is 2.10. The molecule has 0 radical (unpaired) electrons. The maximum atomic E-state index is 11.0. The van der Waals surface area contributed by atoms with E-state index in [1.807, 2.05) is 12.3 Å². The van der Waals surface area contributed by atoms with Crippen LogP contribution in [-0.4, -0.2) is 26.4 Å². The van der Waals surface area contributed by atoms with E-state index in [2.05, 4.69) is 20.3 Å². The van der Waals surface area contributed by atoms with Gasteiger partial charge < -0.3 is 5.32 Å². The Hall–Kier alpha value is -1.80. The second kappa shape index (κ2) is 6.10. The van der Waals surface area contributed by atoms with Crippen LogP contribution in [0.3, 0.4) is 0 Å². The lowest BCUT2D eigenvalue weighted by molar-refractivity contribution is -0.385. The minimum absolute atomic E-state index is 0.0132. The summed E-state index contributed by atoms with van der Waals surface area (Å²) in [6, 6.07) is 0. The molecular formula is C11H12ClN5O2S. The molecule has 2 aromatic rings. The maximum Gasteiger partial charge on any atom is 0.332 e. The van der Waals surface area contributed by atoms with Crippen molar-refractivity contribution in [3.05, 3.63) is 37.2 Å². The van der Waals surface area contributed by atoms with Crippen LogP contribution in [0.2, 0.25) is 5.28 Å². The molecule has 0 aliphatic carbocycles. The predicted octanol–water partition coefficient (Wildman–Crippen LogP) is 2.77. The molecule has 0 amide bonds. The first-order chi connectivity index (χ1) is 9.47. The van der Waals surface area contributed by atoms with Crippen molar-refractivity contribution in [3.63, 3.8) is 0 Å². The van der Waals surface area contributed by atoms with E-state index in [0.717, 1.165) is 10.7 Å². The molecule has 1 N–H and O–H groups in total. The van der Waals surface area contributed by atoms with Gasteiger partial charge in [-0.3, -0.25) is 10.1 Å². The maximum absolute atomic E-state index is 11.0. The summed E-state index contributed by atoms with van der Waals surface area (Å²) >= 11 is 7.29. The summed E-state index contributed by atoms with van der Waals surface area (Å²) in [6.45, 7) is 3.94. The highest BCUT2D eigenvalue weighted by Crippen LogP contribution is 2.26. The van der Waals surface area contributed by atoms with Gasteiger partial charge in [0.2, 0.25) is 11.1 Å². The summed E-state index contributed by atoms with van der Waals surface area (Å²) in [5, 5.41) is 16.9. The van der Waals surface area contributed by atoms with E-state index in [4.69, 9.17) is 11.6 Å². The zero-order valence-corrected chi connectivity index (χ0v) is 12.5. The van der Waals surface area contributed by atoms with Gasteiger partial charge in [0.1, 0.15) is 5.69 Å². The van der Waals surface area contributed by atoms with Gasteiger partial charge in [0.15, 0.2) is 0 Å². The number of thiazole rings is 1. The standard InChI is InChI=1S/C11H12ClN5O2S/c1-6-5-20-8(14-6)3-4-13-10-9(17(18)19)7(2)15-11(12)16-10/h5H,3-4H2,1-2H3,(H,13,15,16). The smallest absolute Gasteiger partial charge is 0.332 e. The topological polar surface area (TPSA) is 93.8 Å². The van der Waals surface area contributed by atoms with Crippen molar-refractivity contribution in [2.24, 2.45) is 0 Å². The Morgan fingerprint density at radius 2 is 2.15 bits per heavy atom. The van der Waals surface area contributed by atoms with Crippen LogP contribution >= 0.6 is 22.9 Å². The number of halogens is 1. The molecule has 7 nitrogen and oxygen atoms in total. The lowest BCUT2D eigenvalue weighted by Crippen LogP contribution is -2.10.